The highest BCUT2D eigenvalue weighted by molar-refractivity contribution is 9.10. The largest absolute Gasteiger partial charge is 0.539 e. The van der Waals surface area contributed by atoms with Crippen LogP contribution in [0.25, 0.3) is 5.69 Å². The van der Waals surface area contributed by atoms with Gasteiger partial charge in [0.15, 0.2) is 0 Å². The van der Waals surface area contributed by atoms with Gasteiger partial charge < -0.3 is 9.63 Å². The summed E-state index contributed by atoms with van der Waals surface area (Å²) in [7, 11) is 0. The second-order valence-electron chi connectivity index (χ2n) is 2.90. The Hall–Kier alpha value is -1.36. The second kappa shape index (κ2) is 3.42. The van der Waals surface area contributed by atoms with Crippen LogP contribution in [-0.4, -0.2) is 5.27 Å². The molecule has 0 bridgehead atoms. The molecule has 4 nitrogen and oxygen atoms in total. The van der Waals surface area contributed by atoms with Crippen LogP contribution in [0.3, 0.4) is 0 Å². The molecule has 0 N–H and O–H groups in total. The van der Waals surface area contributed by atoms with E-state index in [1.165, 1.54) is 10.9 Å². The third kappa shape index (κ3) is 1.63. The van der Waals surface area contributed by atoms with Crippen LogP contribution in [0.1, 0.15) is 5.56 Å². The van der Waals surface area contributed by atoms with Crippen LogP contribution in [0.5, 0.6) is 5.95 Å². The zero-order valence-electron chi connectivity index (χ0n) is 7.40. The molecule has 5 heteroatoms. The van der Waals surface area contributed by atoms with Gasteiger partial charge in [0.1, 0.15) is 5.95 Å². The topological polar surface area (TPSA) is 53.0 Å². The first-order valence-corrected chi connectivity index (χ1v) is 4.78. The van der Waals surface area contributed by atoms with Gasteiger partial charge in [-0.25, -0.2) is 0 Å². The van der Waals surface area contributed by atoms with Gasteiger partial charge in [0.25, 0.3) is 0 Å². The van der Waals surface area contributed by atoms with E-state index in [4.69, 9.17) is 0 Å². The molecule has 2 rings (SSSR count). The van der Waals surface area contributed by atoms with Gasteiger partial charge in [-0.15, -0.1) is 0 Å². The Morgan fingerprint density at radius 3 is 2.86 bits per heavy atom. The van der Waals surface area contributed by atoms with Gasteiger partial charge in [-0.2, -0.15) is 0 Å². The molecule has 14 heavy (non-hydrogen) atoms. The lowest BCUT2D eigenvalue weighted by Gasteiger charge is -1.95. The maximum absolute atomic E-state index is 10.8. The number of hydrogen-bond acceptors (Lipinski definition) is 3. The summed E-state index contributed by atoms with van der Waals surface area (Å²) in [4.78, 5) is 0. The van der Waals surface area contributed by atoms with Gasteiger partial charge in [0, 0.05) is 16.1 Å². The number of nitrogens with zero attached hydrogens (tertiary/aromatic N) is 2. The number of rotatable bonds is 1. The van der Waals surface area contributed by atoms with Crippen molar-refractivity contribution in [2.75, 3.05) is 0 Å². The SMILES string of the molecule is Cc1cc(Br)ccc1-[n+]1cc([O-])on1. The molecule has 1 aromatic carbocycles. The highest BCUT2D eigenvalue weighted by atomic mass is 79.9. The summed E-state index contributed by atoms with van der Waals surface area (Å²) in [5.74, 6) is -0.452. The van der Waals surface area contributed by atoms with Crippen LogP contribution in [-0.2, 0) is 0 Å². The zero-order valence-corrected chi connectivity index (χ0v) is 8.98. The fourth-order valence-electron chi connectivity index (χ4n) is 1.22. The van der Waals surface area contributed by atoms with Crippen molar-refractivity contribution < 1.29 is 14.3 Å². The number of hydrogen-bond donors (Lipinski definition) is 0. The van der Waals surface area contributed by atoms with Crippen molar-refractivity contribution in [3.05, 3.63) is 34.4 Å². The number of aromatic nitrogens is 2. The van der Waals surface area contributed by atoms with E-state index in [0.717, 1.165) is 15.7 Å². The molecule has 0 aliphatic rings. The van der Waals surface area contributed by atoms with Gasteiger partial charge in [-0.1, -0.05) is 15.9 Å². The van der Waals surface area contributed by atoms with Gasteiger partial charge in [-0.05, 0) is 23.7 Å². The fourth-order valence-corrected chi connectivity index (χ4v) is 1.70. The van der Waals surface area contributed by atoms with E-state index in [-0.39, 0.29) is 0 Å². The molecule has 0 saturated carbocycles. The van der Waals surface area contributed by atoms with E-state index < -0.39 is 5.95 Å². The molecule has 0 spiro atoms. The van der Waals surface area contributed by atoms with Crippen molar-refractivity contribution in [2.45, 2.75) is 6.92 Å². The molecule has 0 atom stereocenters. The molecule has 1 aromatic heterocycles. The highest BCUT2D eigenvalue weighted by Crippen LogP contribution is 2.15. The van der Waals surface area contributed by atoms with Crippen LogP contribution in [0.4, 0.5) is 0 Å². The van der Waals surface area contributed by atoms with Crippen molar-refractivity contribution in [3.8, 4) is 11.6 Å². The standard InChI is InChI=1S/C9H7BrN2O2/c1-6-4-7(10)2-3-8(6)12-5-9(13)14-11-12/h2-5H,1H3. The summed E-state index contributed by atoms with van der Waals surface area (Å²) in [6, 6.07) is 5.69. The summed E-state index contributed by atoms with van der Waals surface area (Å²) in [6.07, 6.45) is 1.30. The molecule has 1 heterocycles. The number of benzene rings is 1. The maximum Gasteiger partial charge on any atom is 0.242 e. The molecular weight excluding hydrogens is 248 g/mol. The van der Waals surface area contributed by atoms with Crippen LogP contribution < -0.4 is 9.79 Å². The molecule has 0 aliphatic carbocycles. The summed E-state index contributed by atoms with van der Waals surface area (Å²) in [5.41, 5.74) is 1.84. The van der Waals surface area contributed by atoms with E-state index in [1.807, 2.05) is 25.1 Å². The van der Waals surface area contributed by atoms with Crippen molar-refractivity contribution in [2.24, 2.45) is 0 Å². The van der Waals surface area contributed by atoms with E-state index >= 15 is 0 Å². The average Bonchev–Trinajstić information content (AvgIpc) is 2.51. The summed E-state index contributed by atoms with van der Waals surface area (Å²) >= 11 is 3.36. The predicted molar refractivity (Wildman–Crippen MR) is 49.9 cm³/mol. The minimum Gasteiger partial charge on any atom is -0.539 e. The minimum absolute atomic E-state index is 0.452. The van der Waals surface area contributed by atoms with E-state index in [1.54, 1.807) is 0 Å². The molecule has 2 aromatic rings. The molecule has 0 fully saturated rings. The maximum atomic E-state index is 10.8. The van der Waals surface area contributed by atoms with Crippen molar-refractivity contribution >= 4 is 15.9 Å². The Balaban J connectivity index is 2.52. The molecule has 0 amide bonds. The molecule has 0 unspecified atom stereocenters. The first-order chi connectivity index (χ1) is 6.66. The second-order valence-corrected chi connectivity index (χ2v) is 3.81. The molecule has 0 saturated heterocycles. The first kappa shape index (κ1) is 9.21. The molecule has 0 radical (unpaired) electrons. The van der Waals surface area contributed by atoms with E-state index in [0.29, 0.717) is 0 Å². The van der Waals surface area contributed by atoms with Gasteiger partial charge >= 0.3 is 0 Å². The lowest BCUT2D eigenvalue weighted by molar-refractivity contribution is -0.670. The Morgan fingerprint density at radius 1 is 1.50 bits per heavy atom. The van der Waals surface area contributed by atoms with Crippen molar-refractivity contribution in [1.82, 2.24) is 5.27 Å². The normalized spacial score (nSPS) is 10.4. The molecule has 0 aliphatic heterocycles. The Bertz CT molecular complexity index is 468. The quantitative estimate of drug-likeness (QED) is 0.717. The van der Waals surface area contributed by atoms with Crippen LogP contribution in [0, 0.1) is 6.92 Å². The first-order valence-electron chi connectivity index (χ1n) is 3.99. The third-order valence-corrected chi connectivity index (χ3v) is 2.35. The van der Waals surface area contributed by atoms with Crippen molar-refractivity contribution in [3.63, 3.8) is 0 Å². The Labute approximate surface area is 88.9 Å². The fraction of sp³-hybridized carbons (Fsp3) is 0.111. The van der Waals surface area contributed by atoms with Crippen molar-refractivity contribution in [1.29, 1.82) is 0 Å². The van der Waals surface area contributed by atoms with E-state index in [9.17, 15) is 5.11 Å². The summed E-state index contributed by atoms with van der Waals surface area (Å²) < 4.78 is 6.86. The minimum atomic E-state index is -0.452. The Kier molecular flexibility index (Phi) is 2.25. The van der Waals surface area contributed by atoms with Crippen LogP contribution >= 0.6 is 15.9 Å². The van der Waals surface area contributed by atoms with Gasteiger partial charge in [-0.3, -0.25) is 0 Å². The smallest absolute Gasteiger partial charge is 0.242 e. The third-order valence-electron chi connectivity index (χ3n) is 1.85. The number of halogens is 1. The van der Waals surface area contributed by atoms with Crippen LogP contribution in [0.2, 0.25) is 0 Å². The molecule has 72 valence electrons. The average molecular weight is 255 g/mol. The Morgan fingerprint density at radius 2 is 2.29 bits per heavy atom. The molecular formula is C9H7BrN2O2. The summed E-state index contributed by atoms with van der Waals surface area (Å²) in [6.45, 7) is 1.94. The predicted octanol–water partition coefficient (Wildman–Crippen LogP) is 1.10. The van der Waals surface area contributed by atoms with Gasteiger partial charge in [0.05, 0.1) is 5.27 Å². The van der Waals surface area contributed by atoms with E-state index in [2.05, 4.69) is 25.7 Å². The zero-order chi connectivity index (χ0) is 10.1. The van der Waals surface area contributed by atoms with Gasteiger partial charge in [0.2, 0.25) is 11.9 Å². The lowest BCUT2D eigenvalue weighted by Crippen LogP contribution is -2.32. The summed E-state index contributed by atoms with van der Waals surface area (Å²) in [5, 5.41) is 14.4. The monoisotopic (exact) mass is 254 g/mol. The number of aryl methyl sites for hydroxylation is 1. The lowest BCUT2D eigenvalue weighted by atomic mass is 10.2. The highest BCUT2D eigenvalue weighted by Gasteiger charge is 2.12. The van der Waals surface area contributed by atoms with Crippen LogP contribution in [0.15, 0.2) is 33.4 Å².